The lowest BCUT2D eigenvalue weighted by Gasteiger charge is -2.46. The molecule has 2 aliphatic heterocycles. The average molecular weight is 230 g/mol. The van der Waals surface area contributed by atoms with E-state index in [4.69, 9.17) is 5.73 Å². The van der Waals surface area contributed by atoms with Crippen molar-refractivity contribution in [3.8, 4) is 0 Å². The predicted octanol–water partition coefficient (Wildman–Crippen LogP) is 1.74. The van der Waals surface area contributed by atoms with E-state index in [9.17, 15) is 4.79 Å². The fraction of sp³-hybridized carbons (Fsp3) is 0.500. The largest absolute Gasteiger partial charge is 0.333 e. The Morgan fingerprint density at radius 2 is 2.24 bits per heavy atom. The van der Waals surface area contributed by atoms with Crippen LogP contribution in [0.5, 0.6) is 0 Å². The molecule has 90 valence electrons. The zero-order valence-corrected chi connectivity index (χ0v) is 10.1. The summed E-state index contributed by atoms with van der Waals surface area (Å²) in [5.74, 6) is 0.462. The maximum Gasteiger partial charge on any atom is 0.254 e. The first-order valence-corrected chi connectivity index (χ1v) is 6.29. The second-order valence-corrected chi connectivity index (χ2v) is 5.29. The number of carbonyl (C=O) groups excluding carboxylic acids is 1. The van der Waals surface area contributed by atoms with Crippen LogP contribution >= 0.6 is 0 Å². The summed E-state index contributed by atoms with van der Waals surface area (Å²) in [6, 6.07) is 7.93. The molecule has 0 aromatic heterocycles. The Balaban J connectivity index is 2.20. The zero-order chi connectivity index (χ0) is 12.0. The molecular formula is C14H18N2O. The predicted molar refractivity (Wildman–Crippen MR) is 66.9 cm³/mol. The number of hydrogen-bond acceptors (Lipinski definition) is 2. The summed E-state index contributed by atoms with van der Waals surface area (Å²) in [7, 11) is 0. The summed E-state index contributed by atoms with van der Waals surface area (Å²) in [5, 5.41) is 0. The number of amides is 1. The third kappa shape index (κ3) is 1.29. The maximum atomic E-state index is 12.4. The van der Waals surface area contributed by atoms with Crippen LogP contribution in [0.1, 0.15) is 41.6 Å². The molecule has 0 aliphatic carbocycles. The fourth-order valence-electron chi connectivity index (χ4n) is 3.54. The highest BCUT2D eigenvalue weighted by atomic mass is 16.2. The van der Waals surface area contributed by atoms with Gasteiger partial charge in [-0.3, -0.25) is 4.79 Å². The highest BCUT2D eigenvalue weighted by Crippen LogP contribution is 2.46. The van der Waals surface area contributed by atoms with Crippen LogP contribution in [-0.2, 0) is 0 Å². The molecule has 2 aliphatic rings. The molecular weight excluding hydrogens is 212 g/mol. The Hall–Kier alpha value is -1.35. The molecule has 3 heteroatoms. The molecule has 0 saturated carbocycles. The van der Waals surface area contributed by atoms with Crippen molar-refractivity contribution in [1.82, 2.24) is 4.90 Å². The van der Waals surface area contributed by atoms with E-state index in [1.54, 1.807) is 0 Å². The van der Waals surface area contributed by atoms with Gasteiger partial charge < -0.3 is 10.6 Å². The Labute approximate surface area is 102 Å². The summed E-state index contributed by atoms with van der Waals surface area (Å²) < 4.78 is 0. The third-order valence-corrected chi connectivity index (χ3v) is 4.48. The first kappa shape index (κ1) is 10.8. The van der Waals surface area contributed by atoms with Gasteiger partial charge in [-0.2, -0.15) is 0 Å². The van der Waals surface area contributed by atoms with Crippen LogP contribution < -0.4 is 5.73 Å². The molecule has 3 rings (SSSR count). The fourth-order valence-corrected chi connectivity index (χ4v) is 3.54. The molecule has 3 nitrogen and oxygen atoms in total. The summed E-state index contributed by atoms with van der Waals surface area (Å²) in [4.78, 5) is 14.5. The van der Waals surface area contributed by atoms with Crippen LogP contribution in [0.25, 0.3) is 0 Å². The van der Waals surface area contributed by atoms with Crippen molar-refractivity contribution in [3.05, 3.63) is 35.4 Å². The van der Waals surface area contributed by atoms with E-state index >= 15 is 0 Å². The molecule has 0 radical (unpaired) electrons. The molecule has 1 fully saturated rings. The molecule has 17 heavy (non-hydrogen) atoms. The van der Waals surface area contributed by atoms with Crippen molar-refractivity contribution >= 4 is 5.91 Å². The monoisotopic (exact) mass is 230 g/mol. The lowest BCUT2D eigenvalue weighted by Crippen LogP contribution is -2.54. The van der Waals surface area contributed by atoms with Crippen LogP contribution in [0.3, 0.4) is 0 Å². The van der Waals surface area contributed by atoms with Crippen molar-refractivity contribution in [2.45, 2.75) is 31.2 Å². The highest BCUT2D eigenvalue weighted by molar-refractivity contribution is 5.98. The quantitative estimate of drug-likeness (QED) is 0.798. The normalized spacial score (nSPS) is 31.3. The standard InChI is InChI=1S/C14H18N2O/c1-14-7-4-8-16(14)13(17)11-6-3-2-5-10(11)12(14)9-15/h2-3,5-6,12H,4,7-9,15H2,1H3/t12-,14-/m1/s1. The molecule has 1 amide bonds. The first-order chi connectivity index (χ1) is 8.18. The van der Waals surface area contributed by atoms with Gasteiger partial charge in [0.15, 0.2) is 0 Å². The van der Waals surface area contributed by atoms with Gasteiger partial charge in [0.2, 0.25) is 0 Å². The lowest BCUT2D eigenvalue weighted by atomic mass is 9.74. The zero-order valence-electron chi connectivity index (χ0n) is 10.1. The summed E-state index contributed by atoms with van der Waals surface area (Å²) in [6.45, 7) is 3.67. The van der Waals surface area contributed by atoms with Gasteiger partial charge >= 0.3 is 0 Å². The molecule has 0 bridgehead atoms. The molecule has 0 unspecified atom stereocenters. The number of hydrogen-bond donors (Lipinski definition) is 1. The van der Waals surface area contributed by atoms with Crippen molar-refractivity contribution < 1.29 is 4.79 Å². The first-order valence-electron chi connectivity index (χ1n) is 6.29. The Kier molecular flexibility index (Phi) is 2.26. The van der Waals surface area contributed by atoms with Gasteiger partial charge in [0.25, 0.3) is 5.91 Å². The molecule has 0 spiro atoms. The number of fused-ring (bicyclic) bond motifs is 2. The number of rotatable bonds is 1. The van der Waals surface area contributed by atoms with Crippen LogP contribution in [0.4, 0.5) is 0 Å². The molecule has 1 aromatic carbocycles. The summed E-state index contributed by atoms with van der Waals surface area (Å²) >= 11 is 0. The molecule has 1 saturated heterocycles. The van der Waals surface area contributed by atoms with Gasteiger partial charge in [0.1, 0.15) is 0 Å². The molecule has 2 N–H and O–H groups in total. The SMILES string of the molecule is C[C@]12CCCN1C(=O)c1ccccc1[C@H]2CN. The second-order valence-electron chi connectivity index (χ2n) is 5.29. The minimum atomic E-state index is -0.0693. The molecule has 1 aromatic rings. The van der Waals surface area contributed by atoms with E-state index in [2.05, 4.69) is 13.0 Å². The van der Waals surface area contributed by atoms with E-state index in [1.165, 1.54) is 0 Å². The van der Waals surface area contributed by atoms with Gasteiger partial charge in [-0.1, -0.05) is 18.2 Å². The minimum absolute atomic E-state index is 0.0693. The van der Waals surface area contributed by atoms with Gasteiger partial charge in [0.05, 0.1) is 0 Å². The topological polar surface area (TPSA) is 46.3 Å². The van der Waals surface area contributed by atoms with Crippen molar-refractivity contribution in [1.29, 1.82) is 0 Å². The molecule has 2 heterocycles. The number of nitrogens with zero attached hydrogens (tertiary/aromatic N) is 1. The van der Waals surface area contributed by atoms with Crippen LogP contribution in [0.2, 0.25) is 0 Å². The second kappa shape index (κ2) is 3.57. The molecule has 2 atom stereocenters. The number of carbonyl (C=O) groups is 1. The third-order valence-electron chi connectivity index (χ3n) is 4.48. The van der Waals surface area contributed by atoms with Crippen LogP contribution in [0.15, 0.2) is 24.3 Å². The van der Waals surface area contributed by atoms with Crippen molar-refractivity contribution in [2.75, 3.05) is 13.1 Å². The van der Waals surface area contributed by atoms with Crippen molar-refractivity contribution in [2.24, 2.45) is 5.73 Å². The lowest BCUT2D eigenvalue weighted by molar-refractivity contribution is 0.0527. The van der Waals surface area contributed by atoms with E-state index in [0.717, 1.165) is 30.5 Å². The van der Waals surface area contributed by atoms with E-state index in [-0.39, 0.29) is 17.4 Å². The number of nitrogens with two attached hydrogens (primary N) is 1. The smallest absolute Gasteiger partial charge is 0.254 e. The van der Waals surface area contributed by atoms with Crippen molar-refractivity contribution in [3.63, 3.8) is 0 Å². The summed E-state index contributed by atoms with van der Waals surface area (Å²) in [5.41, 5.74) is 7.89. The number of benzene rings is 1. The van der Waals surface area contributed by atoms with E-state index in [0.29, 0.717) is 6.54 Å². The van der Waals surface area contributed by atoms with Gasteiger partial charge in [-0.05, 0) is 31.4 Å². The van der Waals surface area contributed by atoms with Gasteiger partial charge in [0, 0.05) is 30.1 Å². The van der Waals surface area contributed by atoms with Crippen LogP contribution in [0, 0.1) is 0 Å². The Morgan fingerprint density at radius 3 is 3.00 bits per heavy atom. The maximum absolute atomic E-state index is 12.4. The van der Waals surface area contributed by atoms with Gasteiger partial charge in [-0.25, -0.2) is 0 Å². The summed E-state index contributed by atoms with van der Waals surface area (Å²) in [6.07, 6.45) is 2.15. The van der Waals surface area contributed by atoms with E-state index in [1.807, 2.05) is 23.1 Å². The Bertz CT molecular complexity index is 471. The average Bonchev–Trinajstić information content (AvgIpc) is 2.73. The van der Waals surface area contributed by atoms with E-state index < -0.39 is 0 Å². The Morgan fingerprint density at radius 1 is 1.47 bits per heavy atom. The van der Waals surface area contributed by atoms with Crippen LogP contribution in [-0.4, -0.2) is 29.4 Å². The highest BCUT2D eigenvalue weighted by Gasteiger charge is 2.50. The van der Waals surface area contributed by atoms with Gasteiger partial charge in [-0.15, -0.1) is 0 Å². The minimum Gasteiger partial charge on any atom is -0.333 e.